The third kappa shape index (κ3) is 16.8. The number of carbonyl (C=O) groups is 3. The van der Waals surface area contributed by atoms with Crippen LogP contribution in [0.5, 0.6) is 0 Å². The van der Waals surface area contributed by atoms with Crippen molar-refractivity contribution in [2.45, 2.75) is 114 Å². The topological polar surface area (TPSA) is 340 Å². The van der Waals surface area contributed by atoms with Crippen molar-refractivity contribution in [2.75, 3.05) is 0 Å². The first-order valence-electron chi connectivity index (χ1n) is 13.2. The number of phosphoric ester groups is 3. The number of hydrogen-bond donors (Lipinski definition) is 9. The Bertz CT molecular complexity index is 1060. The van der Waals surface area contributed by atoms with Gasteiger partial charge in [-0.25, -0.2) is 13.7 Å². The molecule has 1 aliphatic carbocycles. The summed E-state index contributed by atoms with van der Waals surface area (Å²) in [5.74, 6) is -3.82. The molecule has 0 spiro atoms. The first-order valence-corrected chi connectivity index (χ1v) is 17.8. The zero-order valence-electron chi connectivity index (χ0n) is 24.2. The summed E-state index contributed by atoms with van der Waals surface area (Å²) < 4.78 is 65.3. The standard InChI is InChI=1S/C21H39O21P3/c1-10(22)4-7-13(25)37-16-17(38-14(26)8-5-11(2)23)19(40-43(28,29)30)21(42-45(34,35)36)20(41-44(31,32)33)18(16)39-15(27)9-6-12(3)24/h10-12,16-24H,4-9H2,1-3H3,(H2,28,29,30)(H2,31,32,33)(H2,34,35,36). The molecule has 24 heteroatoms. The van der Waals surface area contributed by atoms with Gasteiger partial charge in [-0.3, -0.25) is 28.0 Å². The molecule has 1 saturated carbocycles. The van der Waals surface area contributed by atoms with Gasteiger partial charge in [0.1, 0.15) is 18.3 Å². The van der Waals surface area contributed by atoms with Crippen LogP contribution >= 0.6 is 23.5 Å². The Balaban J connectivity index is 3.95. The number of carbonyl (C=O) groups excluding carboxylic acids is 3. The predicted octanol–water partition coefficient (Wildman–Crippen LogP) is -1.35. The Morgan fingerprint density at radius 1 is 0.489 bits per heavy atom. The van der Waals surface area contributed by atoms with Gasteiger partial charge in [0, 0.05) is 19.3 Å². The summed E-state index contributed by atoms with van der Waals surface area (Å²) in [5, 5.41) is 28.6. The predicted molar refractivity (Wildman–Crippen MR) is 143 cm³/mol. The fraction of sp³-hybridized carbons (Fsp3) is 0.857. The third-order valence-corrected chi connectivity index (χ3v) is 7.38. The molecular formula is C21H39O21P3. The molecule has 1 fully saturated rings. The van der Waals surface area contributed by atoms with Crippen LogP contribution in [0.3, 0.4) is 0 Å². The molecule has 0 saturated heterocycles. The van der Waals surface area contributed by atoms with E-state index >= 15 is 0 Å². The summed E-state index contributed by atoms with van der Waals surface area (Å²) in [6.45, 7) is 3.87. The van der Waals surface area contributed by atoms with Crippen LogP contribution in [0.1, 0.15) is 59.3 Å². The summed E-state index contributed by atoms with van der Waals surface area (Å²) in [7, 11) is -17.4. The van der Waals surface area contributed by atoms with E-state index in [4.69, 9.17) is 14.2 Å². The number of esters is 3. The molecule has 9 N–H and O–H groups in total. The minimum Gasteiger partial charge on any atom is -0.455 e. The zero-order chi connectivity index (χ0) is 34.9. The highest BCUT2D eigenvalue weighted by atomic mass is 31.2. The van der Waals surface area contributed by atoms with Gasteiger partial charge in [-0.1, -0.05) is 0 Å². The number of aliphatic hydroxyl groups excluding tert-OH is 3. The number of hydrogen-bond acceptors (Lipinski definition) is 15. The Labute approximate surface area is 256 Å². The molecule has 0 aromatic carbocycles. The normalized spacial score (nSPS) is 26.4. The molecule has 0 heterocycles. The molecule has 0 aromatic heterocycles. The highest BCUT2D eigenvalue weighted by Crippen LogP contribution is 2.51. The van der Waals surface area contributed by atoms with Crippen molar-refractivity contribution >= 4 is 41.4 Å². The zero-order valence-corrected chi connectivity index (χ0v) is 26.9. The van der Waals surface area contributed by atoms with Crippen LogP contribution in [-0.2, 0) is 55.9 Å². The molecule has 0 aromatic rings. The minimum atomic E-state index is -5.83. The monoisotopic (exact) mass is 720 g/mol. The van der Waals surface area contributed by atoms with Gasteiger partial charge < -0.3 is 58.9 Å². The number of ether oxygens (including phenoxy) is 3. The molecule has 7 unspecified atom stereocenters. The number of rotatable bonds is 18. The molecule has 1 aliphatic rings. The quantitative estimate of drug-likeness (QED) is 0.0449. The van der Waals surface area contributed by atoms with Gasteiger partial charge in [0.15, 0.2) is 18.3 Å². The van der Waals surface area contributed by atoms with Crippen molar-refractivity contribution in [3.8, 4) is 0 Å². The number of phosphoric acid groups is 3. The maximum atomic E-state index is 12.8. The van der Waals surface area contributed by atoms with Crippen molar-refractivity contribution in [1.82, 2.24) is 0 Å². The number of aliphatic hydroxyl groups is 3. The van der Waals surface area contributed by atoms with E-state index in [9.17, 15) is 72.8 Å². The Morgan fingerprint density at radius 2 is 0.689 bits per heavy atom. The van der Waals surface area contributed by atoms with Crippen molar-refractivity contribution in [2.24, 2.45) is 0 Å². The van der Waals surface area contributed by atoms with E-state index < -0.39 is 116 Å². The molecule has 0 amide bonds. The van der Waals surface area contributed by atoms with Gasteiger partial charge in [-0.2, -0.15) is 0 Å². The second-order valence-electron chi connectivity index (χ2n) is 10.2. The van der Waals surface area contributed by atoms with E-state index in [1.54, 1.807) is 0 Å². The van der Waals surface area contributed by atoms with Crippen LogP contribution in [0.25, 0.3) is 0 Å². The van der Waals surface area contributed by atoms with Crippen LogP contribution in [0, 0.1) is 0 Å². The molecular weight excluding hydrogens is 681 g/mol. The molecule has 7 atom stereocenters. The summed E-state index contributed by atoms with van der Waals surface area (Å²) in [6.07, 6.45) is -21.0. The highest BCUT2D eigenvalue weighted by molar-refractivity contribution is 7.47. The average Bonchev–Trinajstić information content (AvgIpc) is 2.84. The fourth-order valence-electron chi connectivity index (χ4n) is 3.97. The smallest absolute Gasteiger partial charge is 0.455 e. The van der Waals surface area contributed by atoms with Crippen molar-refractivity contribution in [1.29, 1.82) is 0 Å². The Kier molecular flexibility index (Phi) is 16.4. The largest absolute Gasteiger partial charge is 0.470 e. The van der Waals surface area contributed by atoms with Crippen LogP contribution in [-0.4, -0.2) is 118 Å². The van der Waals surface area contributed by atoms with E-state index in [-0.39, 0.29) is 19.3 Å². The van der Waals surface area contributed by atoms with Gasteiger partial charge in [0.25, 0.3) is 0 Å². The van der Waals surface area contributed by atoms with E-state index in [1.165, 1.54) is 20.8 Å². The molecule has 0 bridgehead atoms. The SMILES string of the molecule is CC(O)CCC(=O)OC1C(OC(=O)CCC(C)O)C(OP(=O)(O)O)C(OP(=O)(O)O)C(OP(=O)(O)O)C1OC(=O)CCC(C)O. The summed E-state index contributed by atoms with van der Waals surface area (Å²) >= 11 is 0. The second-order valence-corrected chi connectivity index (χ2v) is 13.8. The van der Waals surface area contributed by atoms with E-state index in [1.807, 2.05) is 0 Å². The van der Waals surface area contributed by atoms with Gasteiger partial charge in [0.05, 0.1) is 18.3 Å². The average molecular weight is 720 g/mol. The lowest BCUT2D eigenvalue weighted by Crippen LogP contribution is -2.67. The van der Waals surface area contributed by atoms with Crippen LogP contribution < -0.4 is 0 Å². The summed E-state index contributed by atoms with van der Waals surface area (Å²) in [6, 6.07) is 0. The molecule has 21 nitrogen and oxygen atoms in total. The van der Waals surface area contributed by atoms with Crippen LogP contribution in [0.15, 0.2) is 0 Å². The Hall–Kier alpha value is -1.38. The lowest BCUT2D eigenvalue weighted by molar-refractivity contribution is -0.241. The van der Waals surface area contributed by atoms with E-state index in [2.05, 4.69) is 13.6 Å². The van der Waals surface area contributed by atoms with Crippen LogP contribution in [0.4, 0.5) is 0 Å². The molecule has 0 radical (unpaired) electrons. The van der Waals surface area contributed by atoms with Crippen molar-refractivity contribution in [3.05, 3.63) is 0 Å². The van der Waals surface area contributed by atoms with Gasteiger partial charge in [-0.15, -0.1) is 0 Å². The van der Waals surface area contributed by atoms with Gasteiger partial charge in [0.2, 0.25) is 0 Å². The summed E-state index contributed by atoms with van der Waals surface area (Å²) in [5.41, 5.74) is 0. The van der Waals surface area contributed by atoms with Gasteiger partial charge in [-0.05, 0) is 40.0 Å². The lowest BCUT2D eigenvalue weighted by Gasteiger charge is -2.47. The third-order valence-electron chi connectivity index (χ3n) is 5.82. The second kappa shape index (κ2) is 17.7. The van der Waals surface area contributed by atoms with Gasteiger partial charge >= 0.3 is 41.4 Å². The molecule has 0 aliphatic heterocycles. The molecule has 1 rings (SSSR count). The first kappa shape index (κ1) is 41.6. The van der Waals surface area contributed by atoms with Crippen molar-refractivity contribution in [3.63, 3.8) is 0 Å². The maximum absolute atomic E-state index is 12.8. The summed E-state index contributed by atoms with van der Waals surface area (Å²) in [4.78, 5) is 95.8. The van der Waals surface area contributed by atoms with E-state index in [0.29, 0.717) is 0 Å². The van der Waals surface area contributed by atoms with E-state index in [0.717, 1.165) is 0 Å². The molecule has 45 heavy (non-hydrogen) atoms. The first-order chi connectivity index (χ1) is 20.4. The highest BCUT2D eigenvalue weighted by Gasteiger charge is 2.62. The van der Waals surface area contributed by atoms with Crippen LogP contribution in [0.2, 0.25) is 0 Å². The molecule has 264 valence electrons. The lowest BCUT2D eigenvalue weighted by atomic mass is 9.84. The fourth-order valence-corrected chi connectivity index (χ4v) is 5.64. The van der Waals surface area contributed by atoms with Crippen molar-refractivity contribution < 1.29 is 101 Å². The minimum absolute atomic E-state index is 0.238. The Morgan fingerprint density at radius 3 is 0.889 bits per heavy atom. The maximum Gasteiger partial charge on any atom is 0.470 e.